The van der Waals surface area contributed by atoms with Gasteiger partial charge in [0.2, 0.25) is 0 Å². The Morgan fingerprint density at radius 1 is 1.14 bits per heavy atom. The molecule has 198 valence electrons. The first-order valence-corrected chi connectivity index (χ1v) is 11.0. The molecule has 1 amide bonds. The van der Waals surface area contributed by atoms with Crippen molar-refractivity contribution in [2.45, 2.75) is 45.1 Å². The number of aryl methyl sites for hydroxylation is 1. The summed E-state index contributed by atoms with van der Waals surface area (Å²) >= 11 is 0. The Morgan fingerprint density at radius 2 is 1.86 bits per heavy atom. The average Bonchev–Trinajstić information content (AvgIpc) is 3.14. The second-order valence-corrected chi connectivity index (χ2v) is 8.35. The van der Waals surface area contributed by atoms with Gasteiger partial charge in [0.05, 0.1) is 11.1 Å². The molecule has 1 N–H and O–H groups in total. The van der Waals surface area contributed by atoms with Gasteiger partial charge in [0.25, 0.3) is 5.91 Å². The van der Waals surface area contributed by atoms with Crippen LogP contribution in [0.3, 0.4) is 0 Å². The highest BCUT2D eigenvalue weighted by Gasteiger charge is 2.34. The Labute approximate surface area is 204 Å². The van der Waals surface area contributed by atoms with E-state index in [-0.39, 0.29) is 11.3 Å². The molecular formula is C23H19F7N4O3. The lowest BCUT2D eigenvalue weighted by atomic mass is 10.1. The standard InChI is InChI=1S/C23H19F7N4O3/c1-12-14(23(28,29)30)5-4-6-16(12)31-20(35)13-9-15(24)17(10-18(13)37-11-22(25,26)27)34-21(36)33-8-3-2-7-19(33)32-34/h4-6,9-10H,2-3,7-8,11H2,1H3,(H,31,35). The lowest BCUT2D eigenvalue weighted by Crippen LogP contribution is -2.27. The molecule has 1 aliphatic heterocycles. The zero-order valence-electron chi connectivity index (χ0n) is 19.1. The predicted octanol–water partition coefficient (Wildman–Crippen LogP) is 5.03. The fourth-order valence-electron chi connectivity index (χ4n) is 3.99. The molecule has 37 heavy (non-hydrogen) atoms. The molecular weight excluding hydrogens is 513 g/mol. The fraction of sp³-hybridized carbons (Fsp3) is 0.348. The average molecular weight is 532 g/mol. The highest BCUT2D eigenvalue weighted by molar-refractivity contribution is 6.06. The summed E-state index contributed by atoms with van der Waals surface area (Å²) in [7, 11) is 0. The van der Waals surface area contributed by atoms with Crippen molar-refractivity contribution in [3.63, 3.8) is 0 Å². The van der Waals surface area contributed by atoms with E-state index in [0.29, 0.717) is 36.0 Å². The number of amides is 1. The van der Waals surface area contributed by atoms with E-state index in [4.69, 9.17) is 4.74 Å². The number of rotatable bonds is 5. The van der Waals surface area contributed by atoms with Gasteiger partial charge in [0.15, 0.2) is 6.61 Å². The third-order valence-corrected chi connectivity index (χ3v) is 5.77. The molecule has 0 saturated carbocycles. The van der Waals surface area contributed by atoms with Crippen LogP contribution in [0.15, 0.2) is 35.1 Å². The van der Waals surface area contributed by atoms with Crippen LogP contribution in [0.2, 0.25) is 0 Å². The molecule has 1 aromatic heterocycles. The van der Waals surface area contributed by atoms with Crippen LogP contribution in [-0.4, -0.2) is 33.0 Å². The number of halogens is 7. The molecule has 1 aliphatic rings. The topological polar surface area (TPSA) is 78.2 Å². The molecule has 3 aromatic rings. The normalized spacial score (nSPS) is 13.8. The first-order valence-electron chi connectivity index (χ1n) is 11.0. The van der Waals surface area contributed by atoms with E-state index in [1.165, 1.54) is 4.57 Å². The van der Waals surface area contributed by atoms with Crippen LogP contribution < -0.4 is 15.7 Å². The molecule has 2 heterocycles. The number of benzene rings is 2. The first kappa shape index (κ1) is 26.2. The number of ether oxygens (including phenoxy) is 1. The molecule has 0 aliphatic carbocycles. The minimum atomic E-state index is -4.83. The zero-order chi connectivity index (χ0) is 27.1. The van der Waals surface area contributed by atoms with E-state index < -0.39 is 58.9 Å². The Kier molecular flexibility index (Phi) is 6.78. The molecule has 2 aromatic carbocycles. The molecule has 0 unspecified atom stereocenters. The predicted molar refractivity (Wildman–Crippen MR) is 116 cm³/mol. The van der Waals surface area contributed by atoms with Crippen molar-refractivity contribution < 1.29 is 40.3 Å². The van der Waals surface area contributed by atoms with E-state index in [1.54, 1.807) is 0 Å². The van der Waals surface area contributed by atoms with Gasteiger partial charge in [0.1, 0.15) is 23.1 Å². The SMILES string of the molecule is Cc1c(NC(=O)c2cc(F)c(-n3nc4n(c3=O)CCCC4)cc2OCC(F)(F)F)cccc1C(F)(F)F. The van der Waals surface area contributed by atoms with Gasteiger partial charge in [-0.25, -0.2) is 9.18 Å². The monoisotopic (exact) mass is 532 g/mol. The van der Waals surface area contributed by atoms with Crippen molar-refractivity contribution >= 4 is 11.6 Å². The van der Waals surface area contributed by atoms with Gasteiger partial charge >= 0.3 is 18.0 Å². The molecule has 14 heteroatoms. The number of carbonyl (C=O) groups excluding carboxylic acids is 1. The molecule has 7 nitrogen and oxygen atoms in total. The van der Waals surface area contributed by atoms with Gasteiger partial charge in [-0.2, -0.15) is 31.0 Å². The second-order valence-electron chi connectivity index (χ2n) is 8.35. The van der Waals surface area contributed by atoms with Crippen LogP contribution in [0, 0.1) is 12.7 Å². The number of nitrogens with one attached hydrogen (secondary N) is 1. The zero-order valence-corrected chi connectivity index (χ0v) is 19.1. The number of alkyl halides is 6. The van der Waals surface area contributed by atoms with Crippen molar-refractivity contribution in [1.82, 2.24) is 14.3 Å². The van der Waals surface area contributed by atoms with Crippen LogP contribution >= 0.6 is 0 Å². The number of anilines is 1. The molecule has 0 spiro atoms. The van der Waals surface area contributed by atoms with E-state index in [9.17, 15) is 35.9 Å². The Bertz CT molecular complexity index is 1410. The van der Waals surface area contributed by atoms with Gasteiger partial charge in [-0.1, -0.05) is 6.07 Å². The smallest absolute Gasteiger partial charge is 0.422 e. The van der Waals surface area contributed by atoms with Crippen LogP contribution in [-0.2, 0) is 19.1 Å². The van der Waals surface area contributed by atoms with Gasteiger partial charge in [-0.05, 0) is 43.5 Å². The second kappa shape index (κ2) is 9.56. The fourth-order valence-corrected chi connectivity index (χ4v) is 3.99. The van der Waals surface area contributed by atoms with Crippen LogP contribution in [0.4, 0.5) is 36.4 Å². The van der Waals surface area contributed by atoms with E-state index >= 15 is 4.39 Å². The van der Waals surface area contributed by atoms with Crippen molar-refractivity contribution in [2.24, 2.45) is 0 Å². The quantitative estimate of drug-likeness (QED) is 0.468. The maximum absolute atomic E-state index is 15.1. The summed E-state index contributed by atoms with van der Waals surface area (Å²) in [5.74, 6) is -2.77. The molecule has 0 radical (unpaired) electrons. The maximum Gasteiger partial charge on any atom is 0.422 e. The summed E-state index contributed by atoms with van der Waals surface area (Å²) in [5.41, 5.74) is -3.66. The highest BCUT2D eigenvalue weighted by Crippen LogP contribution is 2.35. The van der Waals surface area contributed by atoms with E-state index in [2.05, 4.69) is 10.4 Å². The number of fused-ring (bicyclic) bond motifs is 1. The molecule has 0 atom stereocenters. The number of hydrogen-bond acceptors (Lipinski definition) is 4. The van der Waals surface area contributed by atoms with E-state index in [1.807, 2.05) is 0 Å². The lowest BCUT2D eigenvalue weighted by Gasteiger charge is -2.17. The summed E-state index contributed by atoms with van der Waals surface area (Å²) in [6, 6.07) is 4.25. The van der Waals surface area contributed by atoms with Gasteiger partial charge in [-0.3, -0.25) is 9.36 Å². The minimum Gasteiger partial charge on any atom is -0.483 e. The van der Waals surface area contributed by atoms with Crippen LogP contribution in [0.25, 0.3) is 5.69 Å². The first-order chi connectivity index (χ1) is 17.3. The molecule has 0 bridgehead atoms. The summed E-state index contributed by atoms with van der Waals surface area (Å²) in [6.07, 6.45) is -7.68. The van der Waals surface area contributed by atoms with Crippen molar-refractivity contribution in [2.75, 3.05) is 11.9 Å². The lowest BCUT2D eigenvalue weighted by molar-refractivity contribution is -0.153. The number of carbonyl (C=O) groups is 1. The Balaban J connectivity index is 1.76. The number of aromatic nitrogens is 3. The Morgan fingerprint density at radius 3 is 2.51 bits per heavy atom. The maximum atomic E-state index is 15.1. The van der Waals surface area contributed by atoms with E-state index in [0.717, 1.165) is 37.6 Å². The third kappa shape index (κ3) is 5.47. The minimum absolute atomic E-state index is 0.288. The number of hydrogen-bond donors (Lipinski definition) is 1. The Hall–Kier alpha value is -3.84. The van der Waals surface area contributed by atoms with Crippen molar-refractivity contribution in [3.8, 4) is 11.4 Å². The van der Waals surface area contributed by atoms with Gasteiger partial charge in [0, 0.05) is 24.7 Å². The highest BCUT2D eigenvalue weighted by atomic mass is 19.4. The van der Waals surface area contributed by atoms with Crippen molar-refractivity contribution in [1.29, 1.82) is 0 Å². The molecule has 4 rings (SSSR count). The van der Waals surface area contributed by atoms with Gasteiger partial charge in [-0.15, -0.1) is 5.10 Å². The molecule has 0 saturated heterocycles. The number of nitrogens with zero attached hydrogens (tertiary/aromatic N) is 3. The van der Waals surface area contributed by atoms with Gasteiger partial charge < -0.3 is 10.1 Å². The molecule has 0 fully saturated rings. The van der Waals surface area contributed by atoms with Crippen LogP contribution in [0.5, 0.6) is 5.75 Å². The summed E-state index contributed by atoms with van der Waals surface area (Å²) < 4.78 is 100. The van der Waals surface area contributed by atoms with Crippen LogP contribution in [0.1, 0.15) is 40.2 Å². The third-order valence-electron chi connectivity index (χ3n) is 5.77. The largest absolute Gasteiger partial charge is 0.483 e. The summed E-state index contributed by atoms with van der Waals surface area (Å²) in [6.45, 7) is -0.421. The summed E-state index contributed by atoms with van der Waals surface area (Å²) in [5, 5.41) is 6.22. The summed E-state index contributed by atoms with van der Waals surface area (Å²) in [4.78, 5) is 25.6. The van der Waals surface area contributed by atoms with Crippen molar-refractivity contribution in [3.05, 3.63) is 69.1 Å².